The molecule has 1 heterocycles. The largest absolute Gasteiger partial charge is 0.493 e. The summed E-state index contributed by atoms with van der Waals surface area (Å²) in [6, 6.07) is 6.69. The molecule has 1 fully saturated rings. The molecule has 1 amide bonds. The third kappa shape index (κ3) is 6.20. The Morgan fingerprint density at radius 3 is 2.67 bits per heavy atom. The minimum atomic E-state index is -0.530. The Morgan fingerprint density at radius 1 is 1.29 bits per heavy atom. The van der Waals surface area contributed by atoms with E-state index in [1.165, 1.54) is 0 Å². The summed E-state index contributed by atoms with van der Waals surface area (Å²) in [5, 5.41) is 2.71. The van der Waals surface area contributed by atoms with Gasteiger partial charge >= 0.3 is 5.97 Å². The normalized spacial score (nSPS) is 16.9. The number of rotatable bonds is 8. The van der Waals surface area contributed by atoms with Crippen molar-refractivity contribution in [2.75, 3.05) is 26.4 Å². The van der Waals surface area contributed by atoms with Gasteiger partial charge in [-0.25, -0.2) is 4.79 Å². The van der Waals surface area contributed by atoms with Crippen LogP contribution in [0.3, 0.4) is 0 Å². The van der Waals surface area contributed by atoms with Crippen LogP contribution in [-0.4, -0.2) is 44.3 Å². The molecule has 0 aromatic heterocycles. The van der Waals surface area contributed by atoms with Crippen molar-refractivity contribution in [2.45, 2.75) is 32.8 Å². The number of hydrogen-bond acceptors (Lipinski definition) is 5. The SMILES string of the molecule is CC(C)COc1ccc(C(=O)OCC(=O)NC[C@H]2CCCO2)cc1. The Morgan fingerprint density at radius 2 is 2.04 bits per heavy atom. The second kappa shape index (κ2) is 9.27. The minimum Gasteiger partial charge on any atom is -0.493 e. The summed E-state index contributed by atoms with van der Waals surface area (Å²) in [5.74, 6) is 0.283. The second-order valence-corrected chi connectivity index (χ2v) is 6.24. The van der Waals surface area contributed by atoms with E-state index in [0.29, 0.717) is 30.4 Å². The smallest absolute Gasteiger partial charge is 0.338 e. The number of nitrogens with one attached hydrogen (secondary N) is 1. The zero-order valence-corrected chi connectivity index (χ0v) is 14.2. The molecule has 6 nitrogen and oxygen atoms in total. The first-order chi connectivity index (χ1) is 11.5. The summed E-state index contributed by atoms with van der Waals surface area (Å²) in [6.07, 6.45) is 2.04. The van der Waals surface area contributed by atoms with Crippen LogP contribution in [0.25, 0.3) is 0 Å². The van der Waals surface area contributed by atoms with Crippen molar-refractivity contribution < 1.29 is 23.8 Å². The summed E-state index contributed by atoms with van der Waals surface area (Å²) in [4.78, 5) is 23.6. The van der Waals surface area contributed by atoms with Gasteiger partial charge in [-0.2, -0.15) is 0 Å². The first kappa shape index (κ1) is 18.3. The molecule has 0 unspecified atom stereocenters. The summed E-state index contributed by atoms with van der Waals surface area (Å²) in [7, 11) is 0. The van der Waals surface area contributed by atoms with Gasteiger partial charge in [0.15, 0.2) is 6.61 Å². The fourth-order valence-corrected chi connectivity index (χ4v) is 2.25. The molecule has 0 bridgehead atoms. The standard InChI is InChI=1S/C18H25NO5/c1-13(2)11-23-15-7-5-14(6-8-15)18(21)24-12-17(20)19-10-16-4-3-9-22-16/h5-8,13,16H,3-4,9-12H2,1-2H3,(H,19,20)/t16-/m1/s1. The van der Waals surface area contributed by atoms with Gasteiger partial charge in [-0.15, -0.1) is 0 Å². The van der Waals surface area contributed by atoms with E-state index in [0.717, 1.165) is 19.4 Å². The van der Waals surface area contributed by atoms with Crippen LogP contribution in [0.5, 0.6) is 5.75 Å². The summed E-state index contributed by atoms with van der Waals surface area (Å²) in [5.41, 5.74) is 0.388. The van der Waals surface area contributed by atoms with Crippen molar-refractivity contribution in [3.8, 4) is 5.75 Å². The predicted octanol–water partition coefficient (Wildman–Crippen LogP) is 2.17. The van der Waals surface area contributed by atoms with Gasteiger partial charge in [0.25, 0.3) is 5.91 Å². The summed E-state index contributed by atoms with van der Waals surface area (Å²) < 4.78 is 16.0. The van der Waals surface area contributed by atoms with Gasteiger partial charge in [-0.1, -0.05) is 13.8 Å². The highest BCUT2D eigenvalue weighted by atomic mass is 16.5. The van der Waals surface area contributed by atoms with E-state index in [9.17, 15) is 9.59 Å². The quantitative estimate of drug-likeness (QED) is 0.737. The van der Waals surface area contributed by atoms with Crippen molar-refractivity contribution in [1.29, 1.82) is 0 Å². The molecule has 0 radical (unpaired) electrons. The van der Waals surface area contributed by atoms with Crippen molar-refractivity contribution in [3.05, 3.63) is 29.8 Å². The van der Waals surface area contributed by atoms with Crippen LogP contribution in [0.4, 0.5) is 0 Å². The Kier molecular flexibility index (Phi) is 7.06. The fourth-order valence-electron chi connectivity index (χ4n) is 2.25. The van der Waals surface area contributed by atoms with Gasteiger partial charge in [0.2, 0.25) is 0 Å². The average Bonchev–Trinajstić information content (AvgIpc) is 3.10. The van der Waals surface area contributed by atoms with Crippen LogP contribution in [-0.2, 0) is 14.3 Å². The molecule has 0 aliphatic carbocycles. The maximum Gasteiger partial charge on any atom is 0.338 e. The molecule has 6 heteroatoms. The van der Waals surface area contributed by atoms with Gasteiger partial charge in [-0.3, -0.25) is 4.79 Å². The molecule has 1 atom stereocenters. The highest BCUT2D eigenvalue weighted by molar-refractivity contribution is 5.91. The Balaban J connectivity index is 1.70. The van der Waals surface area contributed by atoms with Crippen LogP contribution < -0.4 is 10.1 Å². The first-order valence-electron chi connectivity index (χ1n) is 8.33. The van der Waals surface area contributed by atoms with Crippen LogP contribution in [0.2, 0.25) is 0 Å². The molecule has 1 aromatic carbocycles. The molecule has 1 aliphatic heterocycles. The third-order valence-electron chi connectivity index (χ3n) is 3.56. The average molecular weight is 335 g/mol. The predicted molar refractivity (Wildman–Crippen MR) is 89.0 cm³/mol. The Bertz CT molecular complexity index is 535. The van der Waals surface area contributed by atoms with Gasteiger partial charge in [0, 0.05) is 13.2 Å². The Hall–Kier alpha value is -2.08. The number of carbonyl (C=O) groups excluding carboxylic acids is 2. The second-order valence-electron chi connectivity index (χ2n) is 6.24. The van der Waals surface area contributed by atoms with Gasteiger partial charge in [0.1, 0.15) is 5.75 Å². The van der Waals surface area contributed by atoms with E-state index in [1.807, 2.05) is 0 Å². The first-order valence-corrected chi connectivity index (χ1v) is 8.33. The molecule has 1 N–H and O–H groups in total. The number of carbonyl (C=O) groups is 2. The van der Waals surface area contributed by atoms with Crippen LogP contribution in [0, 0.1) is 5.92 Å². The lowest BCUT2D eigenvalue weighted by atomic mass is 10.2. The van der Waals surface area contributed by atoms with Crippen LogP contribution in [0.15, 0.2) is 24.3 Å². The molecule has 0 spiro atoms. The maximum atomic E-state index is 11.9. The number of benzene rings is 1. The van der Waals surface area contributed by atoms with Crippen molar-refractivity contribution in [1.82, 2.24) is 5.32 Å². The lowest BCUT2D eigenvalue weighted by Crippen LogP contribution is -2.34. The van der Waals surface area contributed by atoms with Gasteiger partial charge in [-0.05, 0) is 43.0 Å². The topological polar surface area (TPSA) is 73.9 Å². The van der Waals surface area contributed by atoms with Crippen LogP contribution >= 0.6 is 0 Å². The monoisotopic (exact) mass is 335 g/mol. The highest BCUT2D eigenvalue weighted by Gasteiger charge is 2.17. The Labute approximate surface area is 142 Å². The highest BCUT2D eigenvalue weighted by Crippen LogP contribution is 2.14. The zero-order valence-electron chi connectivity index (χ0n) is 14.2. The molecule has 2 rings (SSSR count). The fraction of sp³-hybridized carbons (Fsp3) is 0.556. The van der Waals surface area contributed by atoms with Crippen molar-refractivity contribution in [3.63, 3.8) is 0 Å². The van der Waals surface area contributed by atoms with Crippen molar-refractivity contribution in [2.24, 2.45) is 5.92 Å². The number of ether oxygens (including phenoxy) is 3. The van der Waals surface area contributed by atoms with Gasteiger partial charge in [0.05, 0.1) is 18.3 Å². The minimum absolute atomic E-state index is 0.0723. The number of esters is 1. The van der Waals surface area contributed by atoms with E-state index in [1.54, 1.807) is 24.3 Å². The molecular formula is C18H25NO5. The molecule has 0 saturated carbocycles. The molecular weight excluding hydrogens is 310 g/mol. The summed E-state index contributed by atoms with van der Waals surface area (Å²) in [6.45, 7) is 5.65. The number of hydrogen-bond donors (Lipinski definition) is 1. The van der Waals surface area contributed by atoms with Gasteiger partial charge < -0.3 is 19.5 Å². The molecule has 1 aliphatic rings. The van der Waals surface area contributed by atoms with Crippen molar-refractivity contribution >= 4 is 11.9 Å². The molecule has 1 saturated heterocycles. The number of amides is 1. The van der Waals surface area contributed by atoms with E-state index in [4.69, 9.17) is 14.2 Å². The molecule has 1 aromatic rings. The van der Waals surface area contributed by atoms with E-state index in [2.05, 4.69) is 19.2 Å². The summed E-state index contributed by atoms with van der Waals surface area (Å²) >= 11 is 0. The van der Waals surface area contributed by atoms with E-state index in [-0.39, 0.29) is 18.6 Å². The third-order valence-corrected chi connectivity index (χ3v) is 3.56. The lowest BCUT2D eigenvalue weighted by molar-refractivity contribution is -0.124. The molecule has 24 heavy (non-hydrogen) atoms. The zero-order chi connectivity index (χ0) is 17.4. The van der Waals surface area contributed by atoms with E-state index < -0.39 is 5.97 Å². The molecule has 132 valence electrons. The van der Waals surface area contributed by atoms with Crippen LogP contribution in [0.1, 0.15) is 37.0 Å². The lowest BCUT2D eigenvalue weighted by Gasteiger charge is -2.11. The van der Waals surface area contributed by atoms with E-state index >= 15 is 0 Å². The maximum absolute atomic E-state index is 11.9.